The van der Waals surface area contributed by atoms with E-state index in [0.717, 1.165) is 12.3 Å². The maximum absolute atomic E-state index is 4.53. The zero-order chi connectivity index (χ0) is 12.8. The maximum atomic E-state index is 4.53. The van der Waals surface area contributed by atoms with Crippen molar-refractivity contribution in [3.63, 3.8) is 0 Å². The number of aromatic nitrogens is 2. The lowest BCUT2D eigenvalue weighted by atomic mass is 9.95. The molecule has 0 saturated carbocycles. The molecule has 1 N–H and O–H groups in total. The molecule has 0 fully saturated rings. The molecule has 0 aliphatic heterocycles. The van der Waals surface area contributed by atoms with Crippen molar-refractivity contribution in [2.24, 2.45) is 13.0 Å². The number of hydrogen-bond donors (Lipinski definition) is 1. The SMILES string of the molecule is CCCC(C)CC(NC)c1cc(CC)nn1C. The predicted octanol–water partition coefficient (Wildman–Crippen LogP) is 3.07. The van der Waals surface area contributed by atoms with Gasteiger partial charge in [-0.3, -0.25) is 4.68 Å². The van der Waals surface area contributed by atoms with Crippen molar-refractivity contribution in [2.45, 2.75) is 52.5 Å². The summed E-state index contributed by atoms with van der Waals surface area (Å²) < 4.78 is 2.03. The molecular formula is C14H27N3. The molecule has 1 rings (SSSR count). The van der Waals surface area contributed by atoms with Crippen molar-refractivity contribution in [2.75, 3.05) is 7.05 Å². The van der Waals surface area contributed by atoms with Crippen molar-refractivity contribution in [3.8, 4) is 0 Å². The van der Waals surface area contributed by atoms with Gasteiger partial charge in [0, 0.05) is 13.1 Å². The van der Waals surface area contributed by atoms with Gasteiger partial charge in [0.2, 0.25) is 0 Å². The fraction of sp³-hybridized carbons (Fsp3) is 0.786. The third-order valence-electron chi connectivity index (χ3n) is 3.45. The van der Waals surface area contributed by atoms with E-state index in [1.807, 2.05) is 18.8 Å². The molecule has 1 aromatic heterocycles. The van der Waals surface area contributed by atoms with E-state index in [4.69, 9.17) is 0 Å². The van der Waals surface area contributed by atoms with Gasteiger partial charge in [0.05, 0.1) is 11.4 Å². The first kappa shape index (κ1) is 14.2. The van der Waals surface area contributed by atoms with Crippen molar-refractivity contribution in [1.82, 2.24) is 15.1 Å². The van der Waals surface area contributed by atoms with Crippen molar-refractivity contribution >= 4 is 0 Å². The van der Waals surface area contributed by atoms with Crippen molar-refractivity contribution in [3.05, 3.63) is 17.5 Å². The van der Waals surface area contributed by atoms with Crippen LogP contribution < -0.4 is 5.32 Å². The Labute approximate surface area is 106 Å². The van der Waals surface area contributed by atoms with Gasteiger partial charge in [-0.15, -0.1) is 0 Å². The Bertz CT molecular complexity index is 330. The van der Waals surface area contributed by atoms with Crippen LogP contribution in [0.1, 0.15) is 57.5 Å². The van der Waals surface area contributed by atoms with Crippen LogP contribution in [0.4, 0.5) is 0 Å². The van der Waals surface area contributed by atoms with Gasteiger partial charge in [-0.1, -0.05) is 33.6 Å². The van der Waals surface area contributed by atoms with Crippen LogP contribution >= 0.6 is 0 Å². The molecule has 0 aliphatic rings. The average Bonchev–Trinajstić information content (AvgIpc) is 2.68. The molecule has 0 amide bonds. The van der Waals surface area contributed by atoms with E-state index < -0.39 is 0 Å². The fourth-order valence-corrected chi connectivity index (χ4v) is 2.44. The smallest absolute Gasteiger partial charge is 0.0625 e. The van der Waals surface area contributed by atoms with Gasteiger partial charge < -0.3 is 5.32 Å². The van der Waals surface area contributed by atoms with Gasteiger partial charge in [0.15, 0.2) is 0 Å². The number of hydrogen-bond acceptors (Lipinski definition) is 2. The summed E-state index contributed by atoms with van der Waals surface area (Å²) in [6.45, 7) is 6.75. The van der Waals surface area contributed by atoms with Crippen molar-refractivity contribution < 1.29 is 0 Å². The Morgan fingerprint density at radius 2 is 2.12 bits per heavy atom. The molecule has 1 heterocycles. The molecular weight excluding hydrogens is 210 g/mol. The van der Waals surface area contributed by atoms with Crippen LogP contribution in [0.25, 0.3) is 0 Å². The maximum Gasteiger partial charge on any atom is 0.0625 e. The van der Waals surface area contributed by atoms with Gasteiger partial charge >= 0.3 is 0 Å². The monoisotopic (exact) mass is 237 g/mol. The molecule has 3 heteroatoms. The second-order valence-corrected chi connectivity index (χ2v) is 5.01. The summed E-state index contributed by atoms with van der Waals surface area (Å²) in [4.78, 5) is 0. The summed E-state index contributed by atoms with van der Waals surface area (Å²) in [5.74, 6) is 0.762. The summed E-state index contributed by atoms with van der Waals surface area (Å²) in [6, 6.07) is 2.66. The van der Waals surface area contributed by atoms with Gasteiger partial charge in [0.1, 0.15) is 0 Å². The number of nitrogens with zero attached hydrogens (tertiary/aromatic N) is 2. The summed E-state index contributed by atoms with van der Waals surface area (Å²) >= 11 is 0. The zero-order valence-corrected chi connectivity index (χ0v) is 12.0. The number of nitrogens with one attached hydrogen (secondary N) is 1. The molecule has 0 aliphatic carbocycles. The van der Waals surface area contributed by atoms with Crippen LogP contribution in [-0.2, 0) is 13.5 Å². The molecule has 2 atom stereocenters. The zero-order valence-electron chi connectivity index (χ0n) is 12.0. The minimum absolute atomic E-state index is 0.425. The van der Waals surface area contributed by atoms with Crippen LogP contribution in [0.5, 0.6) is 0 Å². The molecule has 17 heavy (non-hydrogen) atoms. The predicted molar refractivity (Wildman–Crippen MR) is 73.1 cm³/mol. The molecule has 0 radical (unpaired) electrons. The van der Waals surface area contributed by atoms with Crippen molar-refractivity contribution in [1.29, 1.82) is 0 Å². The standard InChI is InChI=1S/C14H27N3/c1-6-8-11(3)9-13(15-4)14-10-12(7-2)16-17(14)5/h10-11,13,15H,6-9H2,1-5H3. The summed E-state index contributed by atoms with van der Waals surface area (Å²) in [5.41, 5.74) is 2.50. The number of rotatable bonds is 7. The van der Waals surface area contributed by atoms with Crippen LogP contribution in [0.3, 0.4) is 0 Å². The van der Waals surface area contributed by atoms with E-state index in [-0.39, 0.29) is 0 Å². The van der Waals surface area contributed by atoms with Gasteiger partial charge in [-0.05, 0) is 31.9 Å². The summed E-state index contributed by atoms with van der Waals surface area (Å²) in [7, 11) is 4.09. The van der Waals surface area contributed by atoms with E-state index in [2.05, 4.69) is 37.3 Å². The largest absolute Gasteiger partial charge is 0.312 e. The first-order valence-corrected chi connectivity index (χ1v) is 6.82. The summed E-state index contributed by atoms with van der Waals surface area (Å²) in [5, 5.41) is 7.95. The van der Waals surface area contributed by atoms with Crippen LogP contribution in [-0.4, -0.2) is 16.8 Å². The average molecular weight is 237 g/mol. The van der Waals surface area contributed by atoms with Gasteiger partial charge in [-0.25, -0.2) is 0 Å². The highest BCUT2D eigenvalue weighted by atomic mass is 15.3. The van der Waals surface area contributed by atoms with E-state index in [1.165, 1.54) is 30.7 Å². The van der Waals surface area contributed by atoms with E-state index in [0.29, 0.717) is 6.04 Å². The Hall–Kier alpha value is -0.830. The normalized spacial score (nSPS) is 14.9. The molecule has 0 aromatic carbocycles. The molecule has 3 nitrogen and oxygen atoms in total. The lowest BCUT2D eigenvalue weighted by Crippen LogP contribution is -2.21. The second-order valence-electron chi connectivity index (χ2n) is 5.01. The second kappa shape index (κ2) is 6.80. The molecule has 98 valence electrons. The van der Waals surface area contributed by atoms with Gasteiger partial charge in [0.25, 0.3) is 0 Å². The lowest BCUT2D eigenvalue weighted by molar-refractivity contribution is 0.392. The van der Waals surface area contributed by atoms with Crippen LogP contribution in [0.15, 0.2) is 6.07 Å². The molecule has 0 bridgehead atoms. The lowest BCUT2D eigenvalue weighted by Gasteiger charge is -2.20. The highest BCUT2D eigenvalue weighted by Gasteiger charge is 2.17. The first-order chi connectivity index (χ1) is 8.12. The Balaban J connectivity index is 2.74. The minimum Gasteiger partial charge on any atom is -0.312 e. The topological polar surface area (TPSA) is 29.9 Å². The third-order valence-corrected chi connectivity index (χ3v) is 3.45. The minimum atomic E-state index is 0.425. The quantitative estimate of drug-likeness (QED) is 0.790. The first-order valence-electron chi connectivity index (χ1n) is 6.82. The number of aryl methyl sites for hydroxylation is 2. The van der Waals surface area contributed by atoms with E-state index in [1.54, 1.807) is 0 Å². The molecule has 2 unspecified atom stereocenters. The Morgan fingerprint density at radius 3 is 2.59 bits per heavy atom. The highest BCUT2D eigenvalue weighted by Crippen LogP contribution is 2.24. The van der Waals surface area contributed by atoms with Crippen LogP contribution in [0, 0.1) is 5.92 Å². The summed E-state index contributed by atoms with van der Waals surface area (Å²) in [6.07, 6.45) is 4.77. The molecule has 0 saturated heterocycles. The van der Waals surface area contributed by atoms with Gasteiger partial charge in [-0.2, -0.15) is 5.10 Å². The molecule has 1 aromatic rings. The highest BCUT2D eigenvalue weighted by molar-refractivity contribution is 5.14. The Kier molecular flexibility index (Phi) is 5.69. The van der Waals surface area contributed by atoms with Crippen LogP contribution in [0.2, 0.25) is 0 Å². The third kappa shape index (κ3) is 3.84. The van der Waals surface area contributed by atoms with E-state index in [9.17, 15) is 0 Å². The fourth-order valence-electron chi connectivity index (χ4n) is 2.44. The Morgan fingerprint density at radius 1 is 1.41 bits per heavy atom. The van der Waals surface area contributed by atoms with E-state index >= 15 is 0 Å². The molecule has 0 spiro atoms.